The normalized spacial score (nSPS) is 27.6. The SMILES string of the molecule is O=C(C[C@@]12C[C@H]1/C=C\CCCCC[C@H](NCc1ccccc1C(F)(F)F)C(=O)N1C[C@H](OC(=O)N3Cc4cccc(F)c4C3)C[C@H]1C(=O)N2)NS(=O)(=O)C1CC1. The van der Waals surface area contributed by atoms with Crippen LogP contribution >= 0.6 is 0 Å². The van der Waals surface area contributed by atoms with E-state index in [1.807, 2.05) is 12.2 Å². The number of halogens is 4. The quantitative estimate of drug-likeness (QED) is 0.254. The van der Waals surface area contributed by atoms with Crippen LogP contribution in [0.25, 0.3) is 0 Å². The molecule has 0 bridgehead atoms. The van der Waals surface area contributed by atoms with Crippen molar-refractivity contribution < 1.29 is 49.9 Å². The maximum absolute atomic E-state index is 14.5. The Bertz CT molecular complexity index is 2010. The monoisotopic (exact) mass is 803 g/mol. The molecule has 0 aromatic heterocycles. The lowest BCUT2D eigenvalue weighted by molar-refractivity contribution is -0.141. The van der Waals surface area contributed by atoms with E-state index < -0.39 is 80.4 Å². The van der Waals surface area contributed by atoms with Gasteiger partial charge in [0.25, 0.3) is 0 Å². The molecule has 5 aliphatic rings. The number of allylic oxidation sites excluding steroid dienone is 1. The predicted molar refractivity (Wildman–Crippen MR) is 194 cm³/mol. The number of benzene rings is 2. The zero-order chi connectivity index (χ0) is 39.8. The minimum absolute atomic E-state index is 0.0263. The molecule has 1 saturated heterocycles. The first-order chi connectivity index (χ1) is 26.6. The summed E-state index contributed by atoms with van der Waals surface area (Å²) < 4.78 is 89.2. The van der Waals surface area contributed by atoms with Crippen LogP contribution in [-0.4, -0.2) is 77.6 Å². The van der Waals surface area contributed by atoms with Gasteiger partial charge >= 0.3 is 12.3 Å². The smallest absolute Gasteiger partial charge is 0.416 e. The van der Waals surface area contributed by atoms with Crippen molar-refractivity contribution in [2.24, 2.45) is 5.92 Å². The molecule has 5 atom stereocenters. The molecule has 0 radical (unpaired) electrons. The van der Waals surface area contributed by atoms with Crippen LogP contribution in [0.15, 0.2) is 54.6 Å². The summed E-state index contributed by atoms with van der Waals surface area (Å²) >= 11 is 0. The van der Waals surface area contributed by atoms with E-state index in [9.17, 15) is 45.2 Å². The highest BCUT2D eigenvalue weighted by Crippen LogP contribution is 2.48. The second-order valence-corrected chi connectivity index (χ2v) is 17.5. The summed E-state index contributed by atoms with van der Waals surface area (Å²) in [7, 11) is -3.85. The number of hydrogen-bond donors (Lipinski definition) is 3. The number of nitrogens with zero attached hydrogens (tertiary/aromatic N) is 2. The Hall–Kier alpha value is -4.51. The minimum Gasteiger partial charge on any atom is -0.444 e. The molecule has 12 nitrogen and oxygen atoms in total. The lowest BCUT2D eigenvalue weighted by Gasteiger charge is -2.30. The van der Waals surface area contributed by atoms with Gasteiger partial charge in [-0.2, -0.15) is 13.2 Å². The van der Waals surface area contributed by atoms with E-state index in [4.69, 9.17) is 4.74 Å². The molecule has 7 rings (SSSR count). The first kappa shape index (κ1) is 39.7. The highest BCUT2D eigenvalue weighted by atomic mass is 32.2. The number of nitrogens with one attached hydrogen (secondary N) is 3. The van der Waals surface area contributed by atoms with Gasteiger partial charge in [0, 0.05) is 31.0 Å². The zero-order valence-corrected chi connectivity index (χ0v) is 31.5. The van der Waals surface area contributed by atoms with Crippen LogP contribution in [-0.2, 0) is 55.0 Å². The Morgan fingerprint density at radius 1 is 1.00 bits per heavy atom. The molecular formula is C39H45F4N5O7S. The van der Waals surface area contributed by atoms with Gasteiger partial charge in [0.15, 0.2) is 0 Å². The number of sulfonamides is 1. The Morgan fingerprint density at radius 2 is 1.79 bits per heavy atom. The maximum atomic E-state index is 14.5. The molecule has 3 aliphatic heterocycles. The largest absolute Gasteiger partial charge is 0.444 e. The number of fused-ring (bicyclic) bond motifs is 3. The third-order valence-electron chi connectivity index (χ3n) is 11.4. The summed E-state index contributed by atoms with van der Waals surface area (Å²) in [5.74, 6) is -2.71. The molecule has 302 valence electrons. The number of rotatable bonds is 8. The number of hydrogen-bond acceptors (Lipinski definition) is 8. The van der Waals surface area contributed by atoms with E-state index in [0.717, 1.165) is 12.5 Å². The molecule has 3 fully saturated rings. The van der Waals surface area contributed by atoms with E-state index >= 15 is 0 Å². The van der Waals surface area contributed by atoms with E-state index in [1.54, 1.807) is 12.1 Å². The summed E-state index contributed by atoms with van der Waals surface area (Å²) in [5.41, 5.74) is -1.03. The topological polar surface area (TPSA) is 154 Å². The fourth-order valence-corrected chi connectivity index (χ4v) is 9.41. The average molecular weight is 804 g/mol. The second kappa shape index (κ2) is 15.8. The first-order valence-electron chi connectivity index (χ1n) is 19.1. The van der Waals surface area contributed by atoms with Crippen molar-refractivity contribution >= 4 is 33.8 Å². The molecule has 2 aromatic rings. The lowest BCUT2D eigenvalue weighted by Crippen LogP contribution is -2.55. The van der Waals surface area contributed by atoms with Crippen molar-refractivity contribution in [2.45, 2.75) is 119 Å². The number of carbonyl (C=O) groups is 4. The first-order valence-corrected chi connectivity index (χ1v) is 20.6. The van der Waals surface area contributed by atoms with Crippen LogP contribution in [0.2, 0.25) is 0 Å². The highest BCUT2D eigenvalue weighted by Gasteiger charge is 2.57. The molecule has 3 N–H and O–H groups in total. The van der Waals surface area contributed by atoms with Crippen LogP contribution in [0.5, 0.6) is 0 Å². The maximum Gasteiger partial charge on any atom is 0.416 e. The van der Waals surface area contributed by atoms with Gasteiger partial charge in [0.2, 0.25) is 27.7 Å². The van der Waals surface area contributed by atoms with Crippen LogP contribution < -0.4 is 15.4 Å². The minimum atomic E-state index is -4.62. The Morgan fingerprint density at radius 3 is 2.54 bits per heavy atom. The number of carbonyl (C=O) groups excluding carboxylic acids is 4. The summed E-state index contributed by atoms with van der Waals surface area (Å²) in [4.78, 5) is 57.9. The second-order valence-electron chi connectivity index (χ2n) is 15.5. The predicted octanol–water partition coefficient (Wildman–Crippen LogP) is 4.82. The van der Waals surface area contributed by atoms with Gasteiger partial charge in [-0.1, -0.05) is 55.3 Å². The van der Waals surface area contributed by atoms with Crippen LogP contribution in [0.3, 0.4) is 0 Å². The van der Waals surface area contributed by atoms with Crippen molar-refractivity contribution in [3.05, 3.63) is 82.7 Å². The van der Waals surface area contributed by atoms with E-state index in [1.165, 1.54) is 34.1 Å². The number of ether oxygens (including phenoxy) is 1. The molecule has 3 heterocycles. The van der Waals surface area contributed by atoms with Crippen molar-refractivity contribution in [3.63, 3.8) is 0 Å². The molecule has 2 saturated carbocycles. The summed E-state index contributed by atoms with van der Waals surface area (Å²) in [6.07, 6.45) is 1.23. The Labute approximate surface area is 322 Å². The van der Waals surface area contributed by atoms with E-state index in [0.29, 0.717) is 49.7 Å². The fraction of sp³-hybridized carbons (Fsp3) is 0.538. The van der Waals surface area contributed by atoms with Gasteiger partial charge in [-0.15, -0.1) is 0 Å². The Balaban J connectivity index is 1.13. The third-order valence-corrected chi connectivity index (χ3v) is 13.3. The van der Waals surface area contributed by atoms with Crippen molar-refractivity contribution in [3.8, 4) is 0 Å². The van der Waals surface area contributed by atoms with Gasteiger partial charge in [0.05, 0.1) is 41.9 Å². The zero-order valence-electron chi connectivity index (χ0n) is 30.7. The third kappa shape index (κ3) is 8.88. The van der Waals surface area contributed by atoms with Gasteiger partial charge in [-0.05, 0) is 61.8 Å². The van der Waals surface area contributed by atoms with E-state index in [2.05, 4.69) is 15.4 Å². The van der Waals surface area contributed by atoms with Crippen LogP contribution in [0, 0.1) is 11.7 Å². The van der Waals surface area contributed by atoms with Gasteiger partial charge in [-0.25, -0.2) is 17.6 Å². The van der Waals surface area contributed by atoms with Gasteiger partial charge < -0.3 is 20.3 Å². The van der Waals surface area contributed by atoms with E-state index in [-0.39, 0.29) is 56.9 Å². The summed E-state index contributed by atoms with van der Waals surface area (Å²) in [6, 6.07) is 7.42. The van der Waals surface area contributed by atoms with Crippen molar-refractivity contribution in [2.75, 3.05) is 6.54 Å². The molecule has 56 heavy (non-hydrogen) atoms. The summed E-state index contributed by atoms with van der Waals surface area (Å²) in [5, 5.41) is 5.35. The van der Waals surface area contributed by atoms with Gasteiger partial charge in [0.1, 0.15) is 18.0 Å². The summed E-state index contributed by atoms with van der Waals surface area (Å²) in [6.45, 7) is -0.409. The molecule has 17 heteroatoms. The molecule has 2 aliphatic carbocycles. The molecular weight excluding hydrogens is 759 g/mol. The number of alkyl halides is 3. The highest BCUT2D eigenvalue weighted by molar-refractivity contribution is 7.90. The Kier molecular flexibility index (Phi) is 11.2. The molecule has 4 amide bonds. The molecule has 0 unspecified atom stereocenters. The van der Waals surface area contributed by atoms with Crippen LogP contribution in [0.4, 0.5) is 22.4 Å². The average Bonchev–Trinajstić information content (AvgIpc) is 4.01. The standard InChI is InChI=1S/C39H45F4N5O7S/c40-31-13-8-10-25-21-47(23-29(25)31)37(52)55-27-17-33-35(50)45-38(19-34(49)46-56(53,54)28-15-16-28)18-26(38)11-4-2-1-3-5-14-32(36(51)48(33)22-27)44-20-24-9-6-7-12-30(24)39(41,42)43/h4,6-13,26-28,32-33,44H,1-3,5,14-23H2,(H,45,50)(H,46,49)/b11-4-/t26-,27-,32+,33+,38+/m1/s1. The van der Waals surface area contributed by atoms with Crippen molar-refractivity contribution in [1.29, 1.82) is 0 Å². The molecule has 0 spiro atoms. The van der Waals surface area contributed by atoms with Gasteiger partial charge in [-0.3, -0.25) is 24.0 Å². The fourth-order valence-electron chi connectivity index (χ4n) is 8.10. The van der Waals surface area contributed by atoms with Crippen LogP contribution in [0.1, 0.15) is 86.5 Å². The molecule has 2 aromatic carbocycles. The lowest BCUT2D eigenvalue weighted by atomic mass is 10.0. The number of amides is 4. The van der Waals surface area contributed by atoms with Crippen molar-refractivity contribution in [1.82, 2.24) is 25.2 Å².